The molecule has 4 heteroatoms. The maximum Gasteiger partial charge on any atom is 0.333 e. The lowest BCUT2D eigenvalue weighted by Crippen LogP contribution is -2.62. The van der Waals surface area contributed by atoms with Crippen LogP contribution in [-0.4, -0.2) is 6.85 Å². The molecule has 6 aromatic carbocycles. The number of furan rings is 1. The molecule has 0 spiro atoms. The molecule has 5 aliphatic rings. The summed E-state index contributed by atoms with van der Waals surface area (Å²) in [6.45, 7) is 36.8. The lowest BCUT2D eigenvalue weighted by atomic mass is 9.42. The van der Waals surface area contributed by atoms with Gasteiger partial charge in [0.15, 0.2) is 0 Å². The van der Waals surface area contributed by atoms with Crippen LogP contribution in [0.5, 0.6) is 0 Å². The summed E-state index contributed by atoms with van der Waals surface area (Å²) in [7, 11) is 0. The van der Waals surface area contributed by atoms with Crippen molar-refractivity contribution in [2.45, 2.75) is 180 Å². The Morgan fingerprint density at radius 2 is 0.956 bits per heavy atom. The van der Waals surface area contributed by atoms with E-state index in [4.69, 9.17) is 4.42 Å². The minimum Gasteiger partial charge on any atom is -0.456 e. The van der Waals surface area contributed by atoms with E-state index in [1.165, 1.54) is 139 Å². The number of hydrogen-bond donors (Lipinski definition) is 0. The first kappa shape index (κ1) is 44.0. The van der Waals surface area contributed by atoms with E-state index in [1.807, 2.05) is 0 Å². The zero-order chi connectivity index (χ0) is 48.0. The smallest absolute Gasteiger partial charge is 0.333 e. The molecule has 68 heavy (non-hydrogen) atoms. The third-order valence-corrected chi connectivity index (χ3v) is 18.6. The maximum absolute atomic E-state index is 6.84. The molecule has 2 aliphatic heterocycles. The molecule has 0 N–H and O–H groups in total. The molecule has 0 bridgehead atoms. The third-order valence-electron chi connectivity index (χ3n) is 18.6. The molecule has 0 unspecified atom stereocenters. The largest absolute Gasteiger partial charge is 0.456 e. The van der Waals surface area contributed by atoms with Crippen LogP contribution in [0, 0.1) is 0 Å². The fraction of sp³-hybridized carbons (Fsp3) is 0.438. The monoisotopic (exact) mass is 897 g/mol. The second-order valence-corrected chi connectivity index (χ2v) is 27.0. The topological polar surface area (TPSA) is 19.6 Å². The Hall–Kier alpha value is -5.22. The maximum atomic E-state index is 6.84. The van der Waals surface area contributed by atoms with Crippen LogP contribution in [-0.2, 0) is 37.9 Å². The molecule has 3 aliphatic carbocycles. The molecule has 3 nitrogen and oxygen atoms in total. The summed E-state index contributed by atoms with van der Waals surface area (Å²) < 4.78 is 6.84. The summed E-state index contributed by atoms with van der Waals surface area (Å²) in [4.78, 5) is 5.48. The Balaban J connectivity index is 1.24. The van der Waals surface area contributed by atoms with E-state index in [1.54, 1.807) is 0 Å². The zero-order valence-corrected chi connectivity index (χ0v) is 43.9. The van der Waals surface area contributed by atoms with Gasteiger partial charge >= 0.3 is 6.85 Å². The summed E-state index contributed by atoms with van der Waals surface area (Å²) in [5.74, 6) is 0. The molecule has 3 heterocycles. The Morgan fingerprint density at radius 3 is 1.54 bits per heavy atom. The standard InChI is InChI=1S/C64H73BN2O/c1-58(2,3)38-30-44-42-34-43-41-18-16-17-19-55(41)68-56(43)37-52(42)67(40-21-23-46-48(33-40)62(10,11)27-25-60(46,6)7)65-51-35-49-50(64(14,15)29-28-63(49,12)13)36-53(51)66(54(31-38)57(44)65)39-20-22-45-47(32-39)61(8,9)26-24-59(45,4)5/h16-23,30-37H,24-29H2,1-15H3. The minimum absolute atomic E-state index is 0.0324. The second-order valence-electron chi connectivity index (χ2n) is 27.0. The van der Waals surface area contributed by atoms with Crippen molar-refractivity contribution in [3.8, 4) is 11.1 Å². The van der Waals surface area contributed by atoms with Gasteiger partial charge < -0.3 is 14.1 Å². The Morgan fingerprint density at radius 1 is 0.441 bits per heavy atom. The van der Waals surface area contributed by atoms with Crippen LogP contribution in [0.2, 0.25) is 0 Å². The molecule has 348 valence electrons. The summed E-state index contributed by atoms with van der Waals surface area (Å²) >= 11 is 0. The van der Waals surface area contributed by atoms with E-state index in [2.05, 4.69) is 211 Å². The average Bonchev–Trinajstić information content (AvgIpc) is 3.64. The average molecular weight is 897 g/mol. The second kappa shape index (κ2) is 13.8. The number of fused-ring (bicyclic) bond motifs is 10. The Kier molecular flexibility index (Phi) is 8.91. The van der Waals surface area contributed by atoms with Crippen molar-refractivity contribution >= 4 is 68.1 Å². The van der Waals surface area contributed by atoms with Crippen molar-refractivity contribution in [2.75, 3.05) is 9.71 Å². The molecule has 0 atom stereocenters. The molecule has 0 radical (unpaired) electrons. The quantitative estimate of drug-likeness (QED) is 0.161. The number of rotatable bonds is 2. The van der Waals surface area contributed by atoms with Gasteiger partial charge in [0.2, 0.25) is 0 Å². The van der Waals surface area contributed by atoms with Gasteiger partial charge in [0.1, 0.15) is 11.2 Å². The van der Waals surface area contributed by atoms with E-state index in [-0.39, 0.29) is 44.8 Å². The Labute approximate surface area is 407 Å². The van der Waals surface area contributed by atoms with Crippen LogP contribution in [0.15, 0.2) is 101 Å². The summed E-state index contributed by atoms with van der Waals surface area (Å²) in [6.07, 6.45) is 7.07. The lowest BCUT2D eigenvalue weighted by molar-refractivity contribution is 0.332. The number of para-hydroxylation sites is 1. The van der Waals surface area contributed by atoms with E-state index >= 15 is 0 Å². The molecule has 7 aromatic rings. The number of anilines is 5. The summed E-state index contributed by atoms with van der Waals surface area (Å²) in [5.41, 5.74) is 24.3. The molecule has 1 aromatic heterocycles. The number of benzene rings is 6. The molecular formula is C64H73BN2O. The lowest BCUT2D eigenvalue weighted by Gasteiger charge is -2.49. The van der Waals surface area contributed by atoms with E-state index < -0.39 is 0 Å². The van der Waals surface area contributed by atoms with Crippen LogP contribution >= 0.6 is 0 Å². The fourth-order valence-electron chi connectivity index (χ4n) is 13.7. The third kappa shape index (κ3) is 6.23. The molecule has 0 saturated carbocycles. The van der Waals surface area contributed by atoms with Crippen molar-refractivity contribution in [1.82, 2.24) is 0 Å². The van der Waals surface area contributed by atoms with E-state index in [0.717, 1.165) is 11.2 Å². The van der Waals surface area contributed by atoms with E-state index in [9.17, 15) is 0 Å². The normalized spacial score (nSPS) is 20.8. The first-order valence-corrected chi connectivity index (χ1v) is 26.0. The van der Waals surface area contributed by atoms with Crippen molar-refractivity contribution in [1.29, 1.82) is 0 Å². The van der Waals surface area contributed by atoms with Gasteiger partial charge in [0.05, 0.1) is 0 Å². The molecule has 0 amide bonds. The minimum atomic E-state index is -0.0999. The first-order chi connectivity index (χ1) is 31.8. The fourth-order valence-corrected chi connectivity index (χ4v) is 13.7. The van der Waals surface area contributed by atoms with Gasteiger partial charge in [-0.2, -0.15) is 0 Å². The van der Waals surface area contributed by atoms with E-state index in [0.29, 0.717) is 0 Å². The van der Waals surface area contributed by atoms with Crippen LogP contribution in [0.1, 0.15) is 181 Å². The van der Waals surface area contributed by atoms with Crippen LogP contribution in [0.3, 0.4) is 0 Å². The first-order valence-electron chi connectivity index (χ1n) is 26.0. The molecule has 0 saturated heterocycles. The van der Waals surface area contributed by atoms with Gasteiger partial charge in [0.25, 0.3) is 0 Å². The molecule has 0 fully saturated rings. The number of hydrogen-bond acceptors (Lipinski definition) is 3. The van der Waals surface area contributed by atoms with Gasteiger partial charge in [-0.25, -0.2) is 0 Å². The highest BCUT2D eigenvalue weighted by Gasteiger charge is 2.50. The van der Waals surface area contributed by atoms with Crippen molar-refractivity contribution in [2.24, 2.45) is 0 Å². The van der Waals surface area contributed by atoms with Gasteiger partial charge in [-0.1, -0.05) is 146 Å². The summed E-state index contributed by atoms with van der Waals surface area (Å²) in [5, 5.41) is 2.34. The number of nitrogens with zero attached hydrogens (tertiary/aromatic N) is 2. The van der Waals surface area contributed by atoms with Gasteiger partial charge in [-0.05, 0) is 180 Å². The van der Waals surface area contributed by atoms with Crippen molar-refractivity contribution < 1.29 is 4.42 Å². The van der Waals surface area contributed by atoms with Gasteiger partial charge in [0, 0.05) is 50.8 Å². The highest BCUT2D eigenvalue weighted by atomic mass is 16.3. The predicted octanol–water partition coefficient (Wildman–Crippen LogP) is 16.6. The molecule has 12 rings (SSSR count). The highest BCUT2D eigenvalue weighted by molar-refractivity contribution is 6.93. The van der Waals surface area contributed by atoms with Crippen molar-refractivity contribution in [3.63, 3.8) is 0 Å². The van der Waals surface area contributed by atoms with Gasteiger partial charge in [-0.3, -0.25) is 0 Å². The SMILES string of the molecule is CC(C)(C)c1cc2c3c(c1)N(c1ccc4c(c1)C(C)(C)CCC4(C)C)c1cc4c(cc1B3N(c1ccc3c(c1)C(C)(C)CCC3(C)C)c1cc3oc5ccccc5c3cc1-2)C(C)(C)CCC4(C)C. The predicted molar refractivity (Wildman–Crippen MR) is 292 cm³/mol. The van der Waals surface area contributed by atoms with Crippen LogP contribution < -0.4 is 20.6 Å². The molecular weight excluding hydrogens is 824 g/mol. The van der Waals surface area contributed by atoms with Gasteiger partial charge in [-0.15, -0.1) is 0 Å². The summed E-state index contributed by atoms with van der Waals surface area (Å²) in [6, 6.07) is 39.1. The zero-order valence-electron chi connectivity index (χ0n) is 43.9. The van der Waals surface area contributed by atoms with Crippen LogP contribution in [0.25, 0.3) is 33.1 Å². The van der Waals surface area contributed by atoms with Crippen LogP contribution in [0.4, 0.5) is 28.4 Å². The van der Waals surface area contributed by atoms with Crippen molar-refractivity contribution in [3.05, 3.63) is 136 Å². The Bertz CT molecular complexity index is 3310. The highest BCUT2D eigenvalue weighted by Crippen LogP contribution is 2.56.